The van der Waals surface area contributed by atoms with Crippen molar-refractivity contribution in [3.05, 3.63) is 23.2 Å². The molecule has 0 bridgehead atoms. The van der Waals surface area contributed by atoms with Crippen LogP contribution in [0, 0.1) is 6.92 Å². The maximum atomic E-state index is 3.15. The first kappa shape index (κ1) is 7.63. The van der Waals surface area contributed by atoms with E-state index in [4.69, 9.17) is 0 Å². The predicted octanol–water partition coefficient (Wildman–Crippen LogP) is 2.96. The summed E-state index contributed by atoms with van der Waals surface area (Å²) in [6, 6.07) is 4.27. The number of aryl methyl sites for hydroxylation is 1. The summed E-state index contributed by atoms with van der Waals surface area (Å²) in [7, 11) is 0. The van der Waals surface area contributed by atoms with Gasteiger partial charge in [0.15, 0.2) is 0 Å². The zero-order valence-electron chi connectivity index (χ0n) is 5.55. The fraction of sp³-hybridized carbons (Fsp3) is 0.143. The van der Waals surface area contributed by atoms with Crippen molar-refractivity contribution in [3.63, 3.8) is 0 Å². The number of aromatic nitrogens is 1. The molecule has 2 rings (SSSR count). The third-order valence-electron chi connectivity index (χ3n) is 1.36. The third kappa shape index (κ3) is 1.04. The number of hydrogen-bond acceptors (Lipinski definition) is 1. The fourth-order valence-corrected chi connectivity index (χ4v) is 1.86. The number of hydrogen-bond donors (Lipinski definition) is 1. The molecule has 0 saturated carbocycles. The minimum atomic E-state index is 0. The van der Waals surface area contributed by atoms with E-state index in [-0.39, 0.29) is 12.4 Å². The Kier molecular flexibility index (Phi) is 2.02. The van der Waals surface area contributed by atoms with Gasteiger partial charge in [0.05, 0.1) is 10.2 Å². The molecular weight excluding hydrogens is 166 g/mol. The van der Waals surface area contributed by atoms with Gasteiger partial charge in [-0.15, -0.1) is 23.7 Å². The highest BCUT2D eigenvalue weighted by atomic mass is 35.5. The van der Waals surface area contributed by atoms with Crippen molar-refractivity contribution in [2.75, 3.05) is 0 Å². The van der Waals surface area contributed by atoms with Crippen LogP contribution in [0.15, 0.2) is 18.3 Å². The molecule has 0 radical (unpaired) electrons. The van der Waals surface area contributed by atoms with E-state index in [0.717, 1.165) is 0 Å². The summed E-state index contributed by atoms with van der Waals surface area (Å²) in [4.78, 5) is 4.52. The van der Waals surface area contributed by atoms with Crippen LogP contribution >= 0.6 is 23.7 Å². The number of thiophene rings is 1. The van der Waals surface area contributed by atoms with Gasteiger partial charge in [-0.2, -0.15) is 0 Å². The Morgan fingerprint density at radius 2 is 2.30 bits per heavy atom. The summed E-state index contributed by atoms with van der Waals surface area (Å²) < 4.78 is 1.35. The fourth-order valence-electron chi connectivity index (χ4n) is 0.976. The van der Waals surface area contributed by atoms with Crippen molar-refractivity contribution in [1.29, 1.82) is 0 Å². The molecule has 0 spiro atoms. The van der Waals surface area contributed by atoms with Gasteiger partial charge in [0, 0.05) is 11.1 Å². The number of aromatic amines is 1. The van der Waals surface area contributed by atoms with Gasteiger partial charge in [0.25, 0.3) is 0 Å². The third-order valence-corrected chi connectivity index (χ3v) is 2.37. The van der Waals surface area contributed by atoms with Crippen molar-refractivity contribution >= 4 is 34.0 Å². The Balaban J connectivity index is 0.000000500. The van der Waals surface area contributed by atoms with Crippen molar-refractivity contribution in [1.82, 2.24) is 4.98 Å². The highest BCUT2D eigenvalue weighted by Crippen LogP contribution is 2.22. The van der Waals surface area contributed by atoms with Crippen molar-refractivity contribution in [2.45, 2.75) is 6.92 Å². The van der Waals surface area contributed by atoms with Gasteiger partial charge in [-0.3, -0.25) is 0 Å². The van der Waals surface area contributed by atoms with E-state index in [0.29, 0.717) is 0 Å². The van der Waals surface area contributed by atoms with Crippen LogP contribution in [-0.2, 0) is 0 Å². The van der Waals surface area contributed by atoms with E-state index in [1.165, 1.54) is 15.1 Å². The summed E-state index contributed by atoms with van der Waals surface area (Å²) in [5, 5.41) is 0. The molecule has 2 aromatic rings. The van der Waals surface area contributed by atoms with Gasteiger partial charge in [0.1, 0.15) is 0 Å². The zero-order valence-corrected chi connectivity index (χ0v) is 7.18. The van der Waals surface area contributed by atoms with E-state index in [1.807, 2.05) is 17.5 Å². The van der Waals surface area contributed by atoms with Crippen molar-refractivity contribution in [3.8, 4) is 0 Å². The number of rotatable bonds is 0. The number of nitrogens with one attached hydrogen (secondary N) is 1. The quantitative estimate of drug-likeness (QED) is 0.631. The average Bonchev–Trinajstić information content (AvgIpc) is 2.22. The van der Waals surface area contributed by atoms with Gasteiger partial charge in [0.2, 0.25) is 0 Å². The monoisotopic (exact) mass is 173 g/mol. The molecule has 0 unspecified atom stereocenters. The molecule has 2 heterocycles. The Morgan fingerprint density at radius 1 is 1.50 bits per heavy atom. The minimum absolute atomic E-state index is 0. The molecule has 3 heteroatoms. The molecule has 1 N–H and O–H groups in total. The standard InChI is InChI=1S/C7H7NS.ClH/c1-5-4-6-7(9-5)2-3-8-6;/h2-4,8H,1H3;1H. The lowest BCUT2D eigenvalue weighted by Crippen LogP contribution is -1.54. The Bertz CT molecular complexity index is 294. The van der Waals surface area contributed by atoms with Gasteiger partial charge in [-0.05, 0) is 19.1 Å². The SMILES string of the molecule is Cc1cc2[nH]ccc2s1.Cl. The average molecular weight is 174 g/mol. The number of fused-ring (bicyclic) bond motifs is 1. The second kappa shape index (κ2) is 2.64. The number of halogens is 1. The lowest BCUT2D eigenvalue weighted by atomic mass is 10.4. The molecule has 0 aliphatic heterocycles. The molecule has 0 aliphatic carbocycles. The van der Waals surface area contributed by atoms with Crippen LogP contribution in [0.4, 0.5) is 0 Å². The topological polar surface area (TPSA) is 15.8 Å². The minimum Gasteiger partial charge on any atom is -0.360 e. The van der Waals surface area contributed by atoms with E-state index in [2.05, 4.69) is 24.0 Å². The second-order valence-electron chi connectivity index (χ2n) is 2.11. The predicted molar refractivity (Wildman–Crippen MR) is 48.2 cm³/mol. The van der Waals surface area contributed by atoms with Gasteiger partial charge in [-0.1, -0.05) is 0 Å². The maximum Gasteiger partial charge on any atom is 0.0566 e. The maximum absolute atomic E-state index is 3.15. The molecule has 0 fully saturated rings. The van der Waals surface area contributed by atoms with Crippen molar-refractivity contribution in [2.24, 2.45) is 0 Å². The van der Waals surface area contributed by atoms with E-state index >= 15 is 0 Å². The molecule has 0 aliphatic rings. The molecule has 0 aromatic carbocycles. The largest absolute Gasteiger partial charge is 0.360 e. The Morgan fingerprint density at radius 3 is 3.00 bits per heavy atom. The summed E-state index contributed by atoms with van der Waals surface area (Å²) in [5.41, 5.74) is 1.26. The summed E-state index contributed by atoms with van der Waals surface area (Å²) >= 11 is 1.83. The van der Waals surface area contributed by atoms with Crippen LogP contribution in [0.25, 0.3) is 10.2 Å². The smallest absolute Gasteiger partial charge is 0.0566 e. The van der Waals surface area contributed by atoms with Gasteiger partial charge < -0.3 is 4.98 Å². The first-order chi connectivity index (χ1) is 4.36. The van der Waals surface area contributed by atoms with Crippen LogP contribution in [0.1, 0.15) is 4.88 Å². The van der Waals surface area contributed by atoms with Crippen LogP contribution in [0.3, 0.4) is 0 Å². The normalized spacial score (nSPS) is 9.70. The Hall–Kier alpha value is -0.470. The van der Waals surface area contributed by atoms with Gasteiger partial charge in [-0.25, -0.2) is 0 Å². The van der Waals surface area contributed by atoms with E-state index < -0.39 is 0 Å². The van der Waals surface area contributed by atoms with Crippen molar-refractivity contribution < 1.29 is 0 Å². The molecule has 0 amide bonds. The molecule has 54 valence electrons. The summed E-state index contributed by atoms with van der Waals surface area (Å²) in [6.07, 6.45) is 1.97. The lowest BCUT2D eigenvalue weighted by Gasteiger charge is -1.70. The number of H-pyrrole nitrogens is 1. The lowest BCUT2D eigenvalue weighted by molar-refractivity contribution is 1.47. The second-order valence-corrected chi connectivity index (χ2v) is 3.40. The van der Waals surface area contributed by atoms with E-state index in [1.54, 1.807) is 0 Å². The summed E-state index contributed by atoms with van der Waals surface area (Å²) in [5.74, 6) is 0. The zero-order chi connectivity index (χ0) is 6.27. The first-order valence-electron chi connectivity index (χ1n) is 2.90. The van der Waals surface area contributed by atoms with Crippen LogP contribution < -0.4 is 0 Å². The van der Waals surface area contributed by atoms with Crippen LogP contribution in [0.5, 0.6) is 0 Å². The highest BCUT2D eigenvalue weighted by molar-refractivity contribution is 7.18. The molecular formula is C7H8ClNS. The Labute approximate surface area is 69.5 Å². The summed E-state index contributed by atoms with van der Waals surface area (Å²) in [6.45, 7) is 2.12. The van der Waals surface area contributed by atoms with E-state index in [9.17, 15) is 0 Å². The molecule has 10 heavy (non-hydrogen) atoms. The molecule has 2 aromatic heterocycles. The molecule has 1 nitrogen and oxygen atoms in total. The first-order valence-corrected chi connectivity index (χ1v) is 3.71. The molecule has 0 saturated heterocycles. The van der Waals surface area contributed by atoms with Crippen LogP contribution in [0.2, 0.25) is 0 Å². The highest BCUT2D eigenvalue weighted by Gasteiger charge is 1.95. The van der Waals surface area contributed by atoms with Gasteiger partial charge >= 0.3 is 0 Å². The van der Waals surface area contributed by atoms with Crippen LogP contribution in [-0.4, -0.2) is 4.98 Å². The molecule has 0 atom stereocenters.